The molecule has 0 aliphatic rings. The van der Waals surface area contributed by atoms with E-state index in [0.29, 0.717) is 29.6 Å². The summed E-state index contributed by atoms with van der Waals surface area (Å²) in [5.41, 5.74) is 1.40. The van der Waals surface area contributed by atoms with Gasteiger partial charge < -0.3 is 9.72 Å². The summed E-state index contributed by atoms with van der Waals surface area (Å²) in [7, 11) is 0. The molecule has 2 rings (SSSR count). The lowest BCUT2D eigenvalue weighted by Gasteiger charge is -1.99. The zero-order chi connectivity index (χ0) is 13.0. The lowest BCUT2D eigenvalue weighted by Crippen LogP contribution is -2.05. The predicted octanol–water partition coefficient (Wildman–Crippen LogP) is 2.83. The van der Waals surface area contributed by atoms with Crippen molar-refractivity contribution < 1.29 is 9.53 Å². The number of rotatable bonds is 4. The van der Waals surface area contributed by atoms with Crippen LogP contribution in [-0.4, -0.2) is 22.5 Å². The molecule has 1 aromatic carbocycles. The van der Waals surface area contributed by atoms with Gasteiger partial charge in [0.2, 0.25) is 0 Å². The first-order chi connectivity index (χ1) is 8.69. The molecule has 0 radical (unpaired) electrons. The normalized spacial score (nSPS) is 10.3. The molecule has 0 saturated heterocycles. The Labute approximate surface area is 110 Å². The van der Waals surface area contributed by atoms with Gasteiger partial charge in [-0.15, -0.1) is 0 Å². The molecule has 0 aliphatic heterocycles. The van der Waals surface area contributed by atoms with Crippen LogP contribution >= 0.6 is 11.6 Å². The van der Waals surface area contributed by atoms with Crippen molar-refractivity contribution in [3.63, 3.8) is 0 Å². The van der Waals surface area contributed by atoms with E-state index in [9.17, 15) is 4.79 Å². The second-order valence-electron chi connectivity index (χ2n) is 3.77. The van der Waals surface area contributed by atoms with Crippen LogP contribution < -0.4 is 0 Å². The first kappa shape index (κ1) is 12.6. The van der Waals surface area contributed by atoms with Crippen molar-refractivity contribution in [1.82, 2.24) is 9.97 Å². The van der Waals surface area contributed by atoms with E-state index in [-0.39, 0.29) is 5.97 Å². The second kappa shape index (κ2) is 5.69. The molecule has 0 amide bonds. The number of nitrogens with zero attached hydrogens (tertiary/aromatic N) is 1. The average molecular weight is 265 g/mol. The summed E-state index contributed by atoms with van der Waals surface area (Å²) in [5.74, 6) is 0.322. The molecule has 1 aromatic heterocycles. The Balaban J connectivity index is 2.09. The van der Waals surface area contributed by atoms with Crippen molar-refractivity contribution in [2.75, 3.05) is 6.61 Å². The third-order valence-corrected chi connectivity index (χ3v) is 2.62. The fraction of sp³-hybridized carbons (Fsp3) is 0.231. The monoisotopic (exact) mass is 264 g/mol. The summed E-state index contributed by atoms with van der Waals surface area (Å²) in [4.78, 5) is 18.5. The number of halogens is 1. The van der Waals surface area contributed by atoms with E-state index in [0.717, 1.165) is 5.56 Å². The summed E-state index contributed by atoms with van der Waals surface area (Å²) in [6.45, 7) is 2.11. The Morgan fingerprint density at radius 1 is 1.50 bits per heavy atom. The number of ether oxygens (including phenoxy) is 1. The number of benzene rings is 1. The molecule has 2 aromatic rings. The van der Waals surface area contributed by atoms with Gasteiger partial charge >= 0.3 is 5.97 Å². The van der Waals surface area contributed by atoms with Crippen LogP contribution in [0.2, 0.25) is 5.02 Å². The number of hydrogen-bond acceptors (Lipinski definition) is 3. The van der Waals surface area contributed by atoms with Gasteiger partial charge in [0.15, 0.2) is 0 Å². The van der Waals surface area contributed by atoms with Crippen molar-refractivity contribution in [1.29, 1.82) is 0 Å². The molecule has 5 heteroatoms. The predicted molar refractivity (Wildman–Crippen MR) is 68.8 cm³/mol. The van der Waals surface area contributed by atoms with Gasteiger partial charge in [-0.3, -0.25) is 0 Å². The first-order valence-electron chi connectivity index (χ1n) is 5.64. The standard InChI is InChI=1S/C13H13ClN2O2/c1-2-18-13(17)11-8-15-12(16-11)7-9-4-3-5-10(14)6-9/h3-6,8H,2,7H2,1H3,(H,15,16). The average Bonchev–Trinajstić information content (AvgIpc) is 2.78. The highest BCUT2D eigenvalue weighted by atomic mass is 35.5. The summed E-state index contributed by atoms with van der Waals surface area (Å²) < 4.78 is 4.88. The van der Waals surface area contributed by atoms with Crippen LogP contribution in [0.5, 0.6) is 0 Å². The fourth-order valence-corrected chi connectivity index (χ4v) is 1.82. The number of esters is 1. The van der Waals surface area contributed by atoms with E-state index in [1.54, 1.807) is 6.92 Å². The Kier molecular flexibility index (Phi) is 3.99. The van der Waals surface area contributed by atoms with Gasteiger partial charge in [-0.1, -0.05) is 23.7 Å². The summed E-state index contributed by atoms with van der Waals surface area (Å²) >= 11 is 5.90. The molecule has 18 heavy (non-hydrogen) atoms. The maximum Gasteiger partial charge on any atom is 0.356 e. The maximum atomic E-state index is 11.4. The van der Waals surface area contributed by atoms with Gasteiger partial charge in [-0.05, 0) is 24.6 Å². The van der Waals surface area contributed by atoms with Crippen LogP contribution in [0.1, 0.15) is 28.8 Å². The van der Waals surface area contributed by atoms with Gasteiger partial charge in [0.25, 0.3) is 0 Å². The van der Waals surface area contributed by atoms with Crippen LogP contribution in [-0.2, 0) is 11.2 Å². The lowest BCUT2D eigenvalue weighted by atomic mass is 10.1. The fourth-order valence-electron chi connectivity index (χ4n) is 1.61. The molecule has 4 nitrogen and oxygen atoms in total. The topological polar surface area (TPSA) is 55.0 Å². The van der Waals surface area contributed by atoms with Gasteiger partial charge in [-0.25, -0.2) is 9.78 Å². The largest absolute Gasteiger partial charge is 0.461 e. The van der Waals surface area contributed by atoms with Crippen molar-refractivity contribution >= 4 is 17.6 Å². The summed E-state index contributed by atoms with van der Waals surface area (Å²) in [5, 5.41) is 0.685. The number of carbonyl (C=O) groups excluding carboxylic acids is 1. The number of aromatic nitrogens is 2. The summed E-state index contributed by atoms with van der Waals surface area (Å²) in [6, 6.07) is 7.52. The maximum absolute atomic E-state index is 11.4. The van der Waals surface area contributed by atoms with Crippen molar-refractivity contribution in [2.45, 2.75) is 13.3 Å². The summed E-state index contributed by atoms with van der Waals surface area (Å²) in [6.07, 6.45) is 2.08. The minimum atomic E-state index is -0.387. The van der Waals surface area contributed by atoms with E-state index in [1.165, 1.54) is 6.20 Å². The molecule has 0 unspecified atom stereocenters. The molecule has 0 aliphatic carbocycles. The molecule has 0 saturated carbocycles. The Hall–Kier alpha value is -1.81. The molecule has 0 atom stereocenters. The van der Waals surface area contributed by atoms with Crippen LogP contribution in [0, 0.1) is 0 Å². The van der Waals surface area contributed by atoms with Crippen molar-refractivity contribution in [2.24, 2.45) is 0 Å². The molecule has 0 spiro atoms. The Morgan fingerprint density at radius 3 is 3.06 bits per heavy atom. The third-order valence-electron chi connectivity index (χ3n) is 2.38. The van der Waals surface area contributed by atoms with Gasteiger partial charge in [-0.2, -0.15) is 0 Å². The highest BCUT2D eigenvalue weighted by Crippen LogP contribution is 2.13. The molecule has 1 heterocycles. The van der Waals surface area contributed by atoms with E-state index < -0.39 is 0 Å². The zero-order valence-corrected chi connectivity index (χ0v) is 10.7. The van der Waals surface area contributed by atoms with E-state index in [1.807, 2.05) is 24.3 Å². The highest BCUT2D eigenvalue weighted by molar-refractivity contribution is 6.30. The minimum absolute atomic E-state index is 0.349. The number of nitrogens with one attached hydrogen (secondary N) is 1. The number of carbonyl (C=O) groups is 1. The van der Waals surface area contributed by atoms with Crippen molar-refractivity contribution in [3.05, 3.63) is 52.6 Å². The minimum Gasteiger partial charge on any atom is -0.461 e. The van der Waals surface area contributed by atoms with Crippen molar-refractivity contribution in [3.8, 4) is 0 Å². The quantitative estimate of drug-likeness (QED) is 0.864. The van der Waals surface area contributed by atoms with Crippen LogP contribution in [0.15, 0.2) is 30.5 Å². The number of hydrogen-bond donors (Lipinski definition) is 1. The number of imidazole rings is 1. The van der Waals surface area contributed by atoms with Crippen LogP contribution in [0.25, 0.3) is 0 Å². The highest BCUT2D eigenvalue weighted by Gasteiger charge is 2.10. The van der Waals surface area contributed by atoms with Gasteiger partial charge in [0, 0.05) is 11.4 Å². The smallest absolute Gasteiger partial charge is 0.356 e. The number of H-pyrrole nitrogens is 1. The first-order valence-corrected chi connectivity index (χ1v) is 6.02. The second-order valence-corrected chi connectivity index (χ2v) is 4.21. The number of aromatic amines is 1. The Morgan fingerprint density at radius 2 is 2.33 bits per heavy atom. The van der Waals surface area contributed by atoms with E-state index >= 15 is 0 Å². The molecule has 0 fully saturated rings. The molecular formula is C13H13ClN2O2. The Bertz CT molecular complexity index is 551. The van der Waals surface area contributed by atoms with Crippen LogP contribution in [0.3, 0.4) is 0 Å². The SMILES string of the molecule is CCOC(=O)c1cnc(Cc2cccc(Cl)c2)[nH]1. The third kappa shape index (κ3) is 3.11. The zero-order valence-electron chi connectivity index (χ0n) is 9.94. The van der Waals surface area contributed by atoms with Crippen LogP contribution in [0.4, 0.5) is 0 Å². The van der Waals surface area contributed by atoms with E-state index in [4.69, 9.17) is 16.3 Å². The molecule has 94 valence electrons. The van der Waals surface area contributed by atoms with Gasteiger partial charge in [0.05, 0.1) is 12.8 Å². The molecular weight excluding hydrogens is 252 g/mol. The lowest BCUT2D eigenvalue weighted by molar-refractivity contribution is 0.0520. The van der Waals surface area contributed by atoms with Gasteiger partial charge in [0.1, 0.15) is 11.5 Å². The molecule has 1 N–H and O–H groups in total. The van der Waals surface area contributed by atoms with E-state index in [2.05, 4.69) is 9.97 Å². The molecule has 0 bridgehead atoms.